The lowest BCUT2D eigenvalue weighted by Crippen LogP contribution is -2.40. The van der Waals surface area contributed by atoms with Gasteiger partial charge in [-0.05, 0) is 37.2 Å². The summed E-state index contributed by atoms with van der Waals surface area (Å²) in [6.45, 7) is 8.19. The molecule has 0 aliphatic heterocycles. The molecule has 1 aromatic rings. The fourth-order valence-electron chi connectivity index (χ4n) is 3.31. The molecule has 2 rings (SSSR count). The molecule has 1 heteroatoms. The molecule has 0 spiro atoms. The van der Waals surface area contributed by atoms with E-state index in [2.05, 4.69) is 56.4 Å². The zero-order chi connectivity index (χ0) is 14.4. The highest BCUT2D eigenvalue weighted by molar-refractivity contribution is 5.26. The Bertz CT molecular complexity index is 378. The summed E-state index contributed by atoms with van der Waals surface area (Å²) in [5.74, 6) is 0.844. The standard InChI is InChI=1S/C19H31N/c1-4-16(5-2)14-19(6-3,15-20-18-12-13-18)17-10-8-7-9-11-17/h7-11,16,18,20H,4-6,12-15H2,1-3H3. The number of rotatable bonds is 9. The fourth-order valence-corrected chi connectivity index (χ4v) is 3.31. The first kappa shape index (κ1) is 15.6. The molecule has 20 heavy (non-hydrogen) atoms. The lowest BCUT2D eigenvalue weighted by atomic mass is 9.70. The van der Waals surface area contributed by atoms with Crippen LogP contribution in [0.2, 0.25) is 0 Å². The van der Waals surface area contributed by atoms with E-state index in [4.69, 9.17) is 0 Å². The molecule has 0 aromatic heterocycles. The van der Waals surface area contributed by atoms with Crippen LogP contribution in [-0.2, 0) is 5.41 Å². The smallest absolute Gasteiger partial charge is 0.00778 e. The second-order valence-corrected chi connectivity index (χ2v) is 6.54. The van der Waals surface area contributed by atoms with Crippen molar-refractivity contribution >= 4 is 0 Å². The van der Waals surface area contributed by atoms with Crippen LogP contribution in [0.5, 0.6) is 0 Å². The van der Waals surface area contributed by atoms with Crippen molar-refractivity contribution in [2.75, 3.05) is 6.54 Å². The molecule has 1 aliphatic carbocycles. The van der Waals surface area contributed by atoms with Crippen LogP contribution >= 0.6 is 0 Å². The summed E-state index contributed by atoms with van der Waals surface area (Å²) in [6.07, 6.45) is 7.90. The lowest BCUT2D eigenvalue weighted by molar-refractivity contribution is 0.279. The van der Waals surface area contributed by atoms with Crippen LogP contribution in [0, 0.1) is 5.92 Å². The Balaban J connectivity index is 2.18. The zero-order valence-corrected chi connectivity index (χ0v) is 13.5. The van der Waals surface area contributed by atoms with E-state index in [1.807, 2.05) is 0 Å². The van der Waals surface area contributed by atoms with Gasteiger partial charge in [-0.1, -0.05) is 63.9 Å². The molecule has 1 aromatic carbocycles. The van der Waals surface area contributed by atoms with Crippen molar-refractivity contribution in [2.24, 2.45) is 5.92 Å². The van der Waals surface area contributed by atoms with Gasteiger partial charge >= 0.3 is 0 Å². The molecule has 0 saturated heterocycles. The third-order valence-corrected chi connectivity index (χ3v) is 5.20. The summed E-state index contributed by atoms with van der Waals surface area (Å²) in [6, 6.07) is 12.0. The van der Waals surface area contributed by atoms with Crippen LogP contribution in [0.25, 0.3) is 0 Å². The van der Waals surface area contributed by atoms with Crippen molar-refractivity contribution in [2.45, 2.75) is 70.8 Å². The minimum atomic E-state index is 0.320. The van der Waals surface area contributed by atoms with Crippen molar-refractivity contribution < 1.29 is 0 Å². The molecular weight excluding hydrogens is 242 g/mol. The van der Waals surface area contributed by atoms with E-state index in [1.54, 1.807) is 0 Å². The van der Waals surface area contributed by atoms with E-state index in [9.17, 15) is 0 Å². The van der Waals surface area contributed by atoms with E-state index in [0.29, 0.717) is 5.41 Å². The van der Waals surface area contributed by atoms with Crippen LogP contribution in [0.3, 0.4) is 0 Å². The molecule has 1 aliphatic rings. The van der Waals surface area contributed by atoms with Crippen molar-refractivity contribution in [1.29, 1.82) is 0 Å². The summed E-state index contributed by atoms with van der Waals surface area (Å²) in [5.41, 5.74) is 1.85. The predicted molar refractivity (Wildman–Crippen MR) is 88.1 cm³/mol. The van der Waals surface area contributed by atoms with Gasteiger partial charge in [0, 0.05) is 18.0 Å². The molecule has 0 radical (unpaired) electrons. The Morgan fingerprint density at radius 1 is 1.10 bits per heavy atom. The van der Waals surface area contributed by atoms with Gasteiger partial charge in [-0.25, -0.2) is 0 Å². The van der Waals surface area contributed by atoms with Gasteiger partial charge in [0.15, 0.2) is 0 Å². The van der Waals surface area contributed by atoms with Crippen LogP contribution in [0.4, 0.5) is 0 Å². The van der Waals surface area contributed by atoms with Crippen LogP contribution in [0.15, 0.2) is 30.3 Å². The molecule has 1 atom stereocenters. The minimum absolute atomic E-state index is 0.320. The second-order valence-electron chi connectivity index (χ2n) is 6.54. The number of hydrogen-bond donors (Lipinski definition) is 1. The molecule has 112 valence electrons. The highest BCUT2D eigenvalue weighted by Gasteiger charge is 2.34. The van der Waals surface area contributed by atoms with Gasteiger partial charge in [0.05, 0.1) is 0 Å². The van der Waals surface area contributed by atoms with Crippen molar-refractivity contribution in [3.8, 4) is 0 Å². The first-order chi connectivity index (χ1) is 9.74. The van der Waals surface area contributed by atoms with E-state index in [0.717, 1.165) is 18.5 Å². The van der Waals surface area contributed by atoms with Gasteiger partial charge < -0.3 is 5.32 Å². The SMILES string of the molecule is CCC(CC)CC(CC)(CNC1CC1)c1ccccc1. The van der Waals surface area contributed by atoms with Crippen molar-refractivity contribution in [1.82, 2.24) is 5.32 Å². The Kier molecular flexibility index (Phi) is 5.65. The maximum absolute atomic E-state index is 3.80. The Labute approximate surface area is 125 Å². The summed E-state index contributed by atoms with van der Waals surface area (Å²) >= 11 is 0. The average molecular weight is 273 g/mol. The van der Waals surface area contributed by atoms with Gasteiger partial charge in [-0.2, -0.15) is 0 Å². The largest absolute Gasteiger partial charge is 0.313 e. The number of hydrogen-bond acceptors (Lipinski definition) is 1. The van der Waals surface area contributed by atoms with E-state index in [1.165, 1.54) is 44.1 Å². The highest BCUT2D eigenvalue weighted by Crippen LogP contribution is 2.37. The fraction of sp³-hybridized carbons (Fsp3) is 0.684. The van der Waals surface area contributed by atoms with E-state index < -0.39 is 0 Å². The average Bonchev–Trinajstić information content (AvgIpc) is 3.33. The first-order valence-electron chi connectivity index (χ1n) is 8.53. The van der Waals surface area contributed by atoms with Gasteiger partial charge in [-0.3, -0.25) is 0 Å². The molecule has 1 unspecified atom stereocenters. The maximum Gasteiger partial charge on any atom is 0.00778 e. The highest BCUT2D eigenvalue weighted by atomic mass is 15.0. The predicted octanol–water partition coefficient (Wildman–Crippen LogP) is 4.91. The van der Waals surface area contributed by atoms with Crippen LogP contribution in [-0.4, -0.2) is 12.6 Å². The van der Waals surface area contributed by atoms with Gasteiger partial charge in [-0.15, -0.1) is 0 Å². The molecule has 1 nitrogen and oxygen atoms in total. The normalized spacial score (nSPS) is 18.2. The molecule has 1 saturated carbocycles. The van der Waals surface area contributed by atoms with E-state index >= 15 is 0 Å². The molecule has 1 N–H and O–H groups in total. The molecular formula is C19H31N. The van der Waals surface area contributed by atoms with Crippen LogP contribution in [0.1, 0.15) is 64.9 Å². The lowest BCUT2D eigenvalue weighted by Gasteiger charge is -2.37. The molecule has 1 fully saturated rings. The Morgan fingerprint density at radius 2 is 1.75 bits per heavy atom. The third kappa shape index (κ3) is 3.85. The topological polar surface area (TPSA) is 12.0 Å². The maximum atomic E-state index is 3.80. The zero-order valence-electron chi connectivity index (χ0n) is 13.5. The quantitative estimate of drug-likeness (QED) is 0.674. The van der Waals surface area contributed by atoms with Gasteiger partial charge in [0.2, 0.25) is 0 Å². The molecule has 0 bridgehead atoms. The van der Waals surface area contributed by atoms with Crippen molar-refractivity contribution in [3.05, 3.63) is 35.9 Å². The van der Waals surface area contributed by atoms with Crippen molar-refractivity contribution in [3.63, 3.8) is 0 Å². The summed E-state index contributed by atoms with van der Waals surface area (Å²) in [5, 5.41) is 3.80. The van der Waals surface area contributed by atoms with Gasteiger partial charge in [0.1, 0.15) is 0 Å². The molecule has 0 heterocycles. The number of nitrogens with one attached hydrogen (secondary N) is 1. The third-order valence-electron chi connectivity index (χ3n) is 5.20. The summed E-state index contributed by atoms with van der Waals surface area (Å²) in [4.78, 5) is 0. The van der Waals surface area contributed by atoms with Crippen LogP contribution < -0.4 is 5.32 Å². The van der Waals surface area contributed by atoms with Gasteiger partial charge in [0.25, 0.3) is 0 Å². The monoisotopic (exact) mass is 273 g/mol. The summed E-state index contributed by atoms with van der Waals surface area (Å²) < 4.78 is 0. The molecule has 0 amide bonds. The minimum Gasteiger partial charge on any atom is -0.313 e. The van der Waals surface area contributed by atoms with E-state index in [-0.39, 0.29) is 0 Å². The first-order valence-corrected chi connectivity index (χ1v) is 8.53. The number of benzene rings is 1. The Hall–Kier alpha value is -0.820. The Morgan fingerprint density at radius 3 is 2.25 bits per heavy atom. The summed E-state index contributed by atoms with van der Waals surface area (Å²) in [7, 11) is 0. The second kappa shape index (κ2) is 7.26.